The maximum atomic E-state index is 13.4. The number of nitrogens with zero attached hydrogens (tertiary/aromatic N) is 2. The molecule has 0 fully saturated rings. The number of carbonyl (C=O) groups is 1. The number of amides is 1. The minimum Gasteiger partial charge on any atom is -0.497 e. The van der Waals surface area contributed by atoms with Crippen molar-refractivity contribution in [2.75, 3.05) is 11.4 Å². The third-order valence-electron chi connectivity index (χ3n) is 4.38. The third kappa shape index (κ3) is 4.15. The largest absolute Gasteiger partial charge is 0.497 e. The number of non-ortho nitro benzene ring substituents is 1. The zero-order chi connectivity index (χ0) is 21.9. The molecule has 9 heteroatoms. The highest BCUT2D eigenvalue weighted by Gasteiger charge is 2.32. The minimum absolute atomic E-state index is 0.00731. The van der Waals surface area contributed by atoms with Crippen LogP contribution in [0.4, 0.5) is 11.4 Å². The first-order chi connectivity index (χ1) is 14.2. The number of anilines is 1. The van der Waals surface area contributed by atoms with Gasteiger partial charge in [-0.25, -0.2) is 8.42 Å². The van der Waals surface area contributed by atoms with Gasteiger partial charge in [-0.05, 0) is 55.5 Å². The number of benzene rings is 3. The fraction of sp³-hybridized carbons (Fsp3) is 0.0952. The molecule has 0 spiro atoms. The van der Waals surface area contributed by atoms with Crippen LogP contribution in [0.5, 0.6) is 5.75 Å². The van der Waals surface area contributed by atoms with Gasteiger partial charge in [-0.3, -0.25) is 14.9 Å². The highest BCUT2D eigenvalue weighted by molar-refractivity contribution is 7.93. The highest BCUT2D eigenvalue weighted by Crippen LogP contribution is 2.28. The molecule has 0 radical (unpaired) electrons. The molecule has 0 aliphatic carbocycles. The molecule has 154 valence electrons. The van der Waals surface area contributed by atoms with E-state index in [0.29, 0.717) is 10.1 Å². The summed E-state index contributed by atoms with van der Waals surface area (Å²) in [5.74, 6) is -0.343. The van der Waals surface area contributed by atoms with E-state index < -0.39 is 20.9 Å². The Balaban J connectivity index is 2.12. The van der Waals surface area contributed by atoms with Gasteiger partial charge in [-0.1, -0.05) is 17.7 Å². The fourth-order valence-electron chi connectivity index (χ4n) is 2.74. The number of carbonyl (C=O) groups excluding carboxylic acids is 1. The number of ether oxygens (including phenoxy) is 1. The summed E-state index contributed by atoms with van der Waals surface area (Å²) in [7, 11) is -2.79. The van der Waals surface area contributed by atoms with E-state index in [1.54, 1.807) is 12.1 Å². The van der Waals surface area contributed by atoms with E-state index in [-0.39, 0.29) is 21.8 Å². The predicted molar refractivity (Wildman–Crippen MR) is 111 cm³/mol. The van der Waals surface area contributed by atoms with Gasteiger partial charge in [-0.15, -0.1) is 0 Å². The molecule has 3 aromatic carbocycles. The number of hydrogen-bond donors (Lipinski definition) is 0. The van der Waals surface area contributed by atoms with Crippen LogP contribution < -0.4 is 9.04 Å². The van der Waals surface area contributed by atoms with Crippen LogP contribution in [0, 0.1) is 17.0 Å². The first-order valence-electron chi connectivity index (χ1n) is 8.79. The molecule has 3 rings (SSSR count). The maximum absolute atomic E-state index is 13.4. The lowest BCUT2D eigenvalue weighted by atomic mass is 10.2. The highest BCUT2D eigenvalue weighted by atomic mass is 32.2. The fourth-order valence-corrected chi connectivity index (χ4v) is 4.16. The Kier molecular flexibility index (Phi) is 5.84. The van der Waals surface area contributed by atoms with Crippen LogP contribution in [0.15, 0.2) is 77.7 Å². The van der Waals surface area contributed by atoms with Crippen molar-refractivity contribution in [2.45, 2.75) is 11.8 Å². The number of rotatable bonds is 6. The summed E-state index contributed by atoms with van der Waals surface area (Å²) in [6.45, 7) is 1.82. The lowest BCUT2D eigenvalue weighted by Crippen LogP contribution is -2.37. The summed E-state index contributed by atoms with van der Waals surface area (Å²) in [6, 6.07) is 16.8. The third-order valence-corrected chi connectivity index (χ3v) is 6.10. The molecule has 0 aliphatic heterocycles. The zero-order valence-corrected chi connectivity index (χ0v) is 17.0. The molecule has 0 atom stereocenters. The zero-order valence-electron chi connectivity index (χ0n) is 16.2. The lowest BCUT2D eigenvalue weighted by Gasteiger charge is -2.23. The van der Waals surface area contributed by atoms with Gasteiger partial charge in [0.2, 0.25) is 0 Å². The van der Waals surface area contributed by atoms with Crippen LogP contribution in [0.25, 0.3) is 0 Å². The summed E-state index contributed by atoms with van der Waals surface area (Å²) in [4.78, 5) is 23.4. The number of methoxy groups -OCH3 is 1. The second-order valence-electron chi connectivity index (χ2n) is 6.39. The lowest BCUT2D eigenvalue weighted by molar-refractivity contribution is -0.384. The van der Waals surface area contributed by atoms with Crippen molar-refractivity contribution >= 4 is 27.3 Å². The van der Waals surface area contributed by atoms with Crippen LogP contribution in [-0.2, 0) is 10.0 Å². The Labute approximate surface area is 173 Å². The predicted octanol–water partition coefficient (Wildman–Crippen LogP) is 3.95. The maximum Gasteiger partial charge on any atom is 0.272 e. The summed E-state index contributed by atoms with van der Waals surface area (Å²) in [5, 5.41) is 10.9. The number of nitro groups is 1. The first kappa shape index (κ1) is 21.0. The van der Waals surface area contributed by atoms with Crippen LogP contribution in [0.3, 0.4) is 0 Å². The SMILES string of the molecule is COc1ccc(N(C(=O)c2ccc([N+](=O)[O-])cc2)S(=O)(=O)c2ccc(C)cc2)cc1. The van der Waals surface area contributed by atoms with Gasteiger partial charge in [0.25, 0.3) is 21.6 Å². The summed E-state index contributed by atoms with van der Waals surface area (Å²) >= 11 is 0. The van der Waals surface area contributed by atoms with Crippen molar-refractivity contribution in [3.63, 3.8) is 0 Å². The molecule has 0 N–H and O–H groups in total. The minimum atomic E-state index is -4.26. The molecule has 0 unspecified atom stereocenters. The van der Waals surface area contributed by atoms with Gasteiger partial charge in [0.05, 0.1) is 22.6 Å². The van der Waals surface area contributed by atoms with Gasteiger partial charge >= 0.3 is 0 Å². The molecule has 0 saturated carbocycles. The Hall–Kier alpha value is -3.72. The topological polar surface area (TPSA) is 107 Å². The van der Waals surface area contributed by atoms with E-state index in [9.17, 15) is 23.3 Å². The van der Waals surface area contributed by atoms with Crippen molar-refractivity contribution in [1.29, 1.82) is 0 Å². The molecule has 8 nitrogen and oxygen atoms in total. The van der Waals surface area contributed by atoms with Crippen LogP contribution in [0.1, 0.15) is 15.9 Å². The van der Waals surface area contributed by atoms with Gasteiger partial charge in [-0.2, -0.15) is 4.31 Å². The van der Waals surface area contributed by atoms with Crippen molar-refractivity contribution in [1.82, 2.24) is 0 Å². The van der Waals surface area contributed by atoms with Crippen molar-refractivity contribution in [3.05, 3.63) is 94.0 Å². The molecule has 30 heavy (non-hydrogen) atoms. The molecule has 0 aliphatic rings. The van der Waals surface area contributed by atoms with Gasteiger partial charge < -0.3 is 4.74 Å². The first-order valence-corrected chi connectivity index (χ1v) is 10.2. The average molecular weight is 426 g/mol. The molecule has 0 heterocycles. The number of sulfonamides is 1. The Morgan fingerprint density at radius 1 is 0.933 bits per heavy atom. The van der Waals surface area contributed by atoms with Crippen molar-refractivity contribution < 1.29 is 22.9 Å². The second-order valence-corrected chi connectivity index (χ2v) is 8.18. The monoisotopic (exact) mass is 426 g/mol. The van der Waals surface area contributed by atoms with Crippen molar-refractivity contribution in [3.8, 4) is 5.75 Å². The normalized spacial score (nSPS) is 11.0. The summed E-state index contributed by atoms with van der Waals surface area (Å²) in [6.07, 6.45) is 0. The molecule has 3 aromatic rings. The van der Waals surface area contributed by atoms with E-state index in [0.717, 1.165) is 17.7 Å². The average Bonchev–Trinajstić information content (AvgIpc) is 2.74. The quantitative estimate of drug-likeness (QED) is 0.436. The molecular weight excluding hydrogens is 408 g/mol. The van der Waals surface area contributed by atoms with Gasteiger partial charge in [0, 0.05) is 17.7 Å². The van der Waals surface area contributed by atoms with E-state index in [2.05, 4.69) is 0 Å². The van der Waals surface area contributed by atoms with Gasteiger partial charge in [0.1, 0.15) is 5.75 Å². The van der Waals surface area contributed by atoms with Gasteiger partial charge in [0.15, 0.2) is 0 Å². The standard InChI is InChI=1S/C21H18N2O6S/c1-15-3-13-20(14-4-15)30(27,28)22(17-9-11-19(29-2)12-10-17)21(24)16-5-7-18(8-6-16)23(25)26/h3-14H,1-2H3. The number of hydrogen-bond acceptors (Lipinski definition) is 6. The molecule has 0 saturated heterocycles. The number of nitro benzene ring substituents is 1. The van der Waals surface area contributed by atoms with E-state index in [4.69, 9.17) is 4.74 Å². The van der Waals surface area contributed by atoms with Crippen LogP contribution >= 0.6 is 0 Å². The Morgan fingerprint density at radius 2 is 1.50 bits per heavy atom. The molecule has 0 bridgehead atoms. The molecular formula is C21H18N2O6S. The van der Waals surface area contributed by atoms with E-state index >= 15 is 0 Å². The number of aryl methyl sites for hydroxylation is 1. The molecule has 0 aromatic heterocycles. The summed E-state index contributed by atoms with van der Waals surface area (Å²) in [5.41, 5.74) is 0.766. The van der Waals surface area contributed by atoms with Crippen LogP contribution in [0.2, 0.25) is 0 Å². The summed E-state index contributed by atoms with van der Waals surface area (Å²) < 4.78 is 32.5. The van der Waals surface area contributed by atoms with Crippen molar-refractivity contribution in [2.24, 2.45) is 0 Å². The van der Waals surface area contributed by atoms with E-state index in [1.807, 2.05) is 6.92 Å². The Bertz CT molecular complexity index is 1170. The second kappa shape index (κ2) is 8.34. The van der Waals surface area contributed by atoms with E-state index in [1.165, 1.54) is 55.6 Å². The Morgan fingerprint density at radius 3 is 2.00 bits per heavy atom. The van der Waals surface area contributed by atoms with Crippen LogP contribution in [-0.4, -0.2) is 26.4 Å². The smallest absolute Gasteiger partial charge is 0.272 e. The molecule has 1 amide bonds.